The van der Waals surface area contributed by atoms with Crippen LogP contribution in [-0.2, 0) is 0 Å². The number of para-hydroxylation sites is 1. The molecule has 0 atom stereocenters. The van der Waals surface area contributed by atoms with Crippen molar-refractivity contribution in [1.29, 1.82) is 0 Å². The van der Waals surface area contributed by atoms with Gasteiger partial charge in [0.25, 0.3) is 0 Å². The van der Waals surface area contributed by atoms with Crippen LogP contribution in [0.25, 0.3) is 22.1 Å². The molecule has 2 aromatic heterocycles. The SMILES string of the molecule is CSc1nnc2c3ccccc3n(C(C)=O)c2n1. The molecule has 0 unspecified atom stereocenters. The van der Waals surface area contributed by atoms with Crippen LogP contribution >= 0.6 is 11.8 Å². The van der Waals surface area contributed by atoms with Crippen molar-refractivity contribution in [1.82, 2.24) is 19.7 Å². The lowest BCUT2D eigenvalue weighted by molar-refractivity contribution is 0.0945. The largest absolute Gasteiger partial charge is 0.274 e. The summed E-state index contributed by atoms with van der Waals surface area (Å²) in [6, 6.07) is 7.62. The number of rotatable bonds is 1. The Morgan fingerprint density at radius 3 is 2.78 bits per heavy atom. The molecule has 0 spiro atoms. The predicted octanol–water partition coefficient (Wildman–Crippen LogP) is 2.36. The van der Waals surface area contributed by atoms with Gasteiger partial charge in [-0.05, 0) is 12.3 Å². The topological polar surface area (TPSA) is 60.7 Å². The minimum absolute atomic E-state index is 0.0752. The molecule has 18 heavy (non-hydrogen) atoms. The molecule has 0 aliphatic rings. The van der Waals surface area contributed by atoms with Gasteiger partial charge in [-0.1, -0.05) is 30.0 Å². The molecule has 1 aromatic carbocycles. The number of carbonyl (C=O) groups is 1. The molecule has 0 fully saturated rings. The van der Waals surface area contributed by atoms with Crippen molar-refractivity contribution in [2.45, 2.75) is 12.1 Å². The van der Waals surface area contributed by atoms with Gasteiger partial charge in [-0.15, -0.1) is 10.2 Å². The van der Waals surface area contributed by atoms with E-state index < -0.39 is 0 Å². The second kappa shape index (κ2) is 4.06. The quantitative estimate of drug-likeness (QED) is 0.627. The molecule has 3 aromatic rings. The van der Waals surface area contributed by atoms with E-state index in [1.807, 2.05) is 30.5 Å². The highest BCUT2D eigenvalue weighted by Gasteiger charge is 2.16. The van der Waals surface area contributed by atoms with Gasteiger partial charge in [-0.2, -0.15) is 0 Å². The van der Waals surface area contributed by atoms with Crippen LogP contribution in [0.15, 0.2) is 29.4 Å². The zero-order valence-electron chi connectivity index (χ0n) is 9.91. The van der Waals surface area contributed by atoms with Crippen LogP contribution in [0, 0.1) is 0 Å². The first-order valence-corrected chi connectivity index (χ1v) is 6.63. The zero-order valence-corrected chi connectivity index (χ0v) is 10.7. The number of fused-ring (bicyclic) bond motifs is 3. The Balaban J connectivity index is 2.54. The van der Waals surface area contributed by atoms with Gasteiger partial charge in [0.15, 0.2) is 5.65 Å². The molecule has 0 radical (unpaired) electrons. The fourth-order valence-electron chi connectivity index (χ4n) is 2.02. The molecule has 0 saturated heterocycles. The highest BCUT2D eigenvalue weighted by atomic mass is 32.2. The summed E-state index contributed by atoms with van der Waals surface area (Å²) in [6.07, 6.45) is 1.88. The van der Waals surface area contributed by atoms with Crippen LogP contribution in [0.2, 0.25) is 0 Å². The number of aromatic nitrogens is 4. The van der Waals surface area contributed by atoms with Crippen LogP contribution in [0.1, 0.15) is 11.7 Å². The maximum atomic E-state index is 11.8. The Hall–Kier alpha value is -1.95. The molecule has 5 nitrogen and oxygen atoms in total. The normalized spacial score (nSPS) is 11.2. The van der Waals surface area contributed by atoms with E-state index in [4.69, 9.17) is 0 Å². The lowest BCUT2D eigenvalue weighted by atomic mass is 10.2. The Morgan fingerprint density at radius 1 is 1.28 bits per heavy atom. The van der Waals surface area contributed by atoms with Crippen molar-refractivity contribution in [2.24, 2.45) is 0 Å². The molecule has 0 aliphatic heterocycles. The zero-order chi connectivity index (χ0) is 12.7. The van der Waals surface area contributed by atoms with Gasteiger partial charge in [-0.25, -0.2) is 4.98 Å². The number of thioether (sulfide) groups is 1. The first-order valence-electron chi connectivity index (χ1n) is 5.41. The highest BCUT2D eigenvalue weighted by Crippen LogP contribution is 2.26. The van der Waals surface area contributed by atoms with E-state index in [1.165, 1.54) is 18.7 Å². The van der Waals surface area contributed by atoms with Crippen LogP contribution in [-0.4, -0.2) is 31.9 Å². The summed E-state index contributed by atoms with van der Waals surface area (Å²) in [7, 11) is 0. The van der Waals surface area contributed by atoms with Crippen LogP contribution < -0.4 is 0 Å². The number of benzene rings is 1. The Bertz CT molecular complexity index is 765. The summed E-state index contributed by atoms with van der Waals surface area (Å²) in [4.78, 5) is 16.2. The number of hydrogen-bond donors (Lipinski definition) is 0. The van der Waals surface area contributed by atoms with Gasteiger partial charge >= 0.3 is 0 Å². The summed E-state index contributed by atoms with van der Waals surface area (Å²) in [5, 5.41) is 9.66. The predicted molar refractivity (Wildman–Crippen MR) is 70.9 cm³/mol. The molecule has 2 heterocycles. The average molecular weight is 258 g/mol. The fraction of sp³-hybridized carbons (Fsp3) is 0.167. The summed E-state index contributed by atoms with van der Waals surface area (Å²) in [5.41, 5.74) is 2.06. The number of nitrogens with zero attached hydrogens (tertiary/aromatic N) is 4. The van der Waals surface area contributed by atoms with Crippen molar-refractivity contribution in [3.8, 4) is 0 Å². The van der Waals surface area contributed by atoms with E-state index in [9.17, 15) is 4.79 Å². The van der Waals surface area contributed by atoms with E-state index in [-0.39, 0.29) is 5.91 Å². The molecular formula is C12H10N4OS. The molecule has 6 heteroatoms. The van der Waals surface area contributed by atoms with Crippen molar-refractivity contribution in [3.05, 3.63) is 24.3 Å². The Morgan fingerprint density at radius 2 is 2.06 bits per heavy atom. The molecular weight excluding hydrogens is 248 g/mol. The number of hydrogen-bond acceptors (Lipinski definition) is 5. The lowest BCUT2D eigenvalue weighted by Crippen LogP contribution is -2.06. The molecule has 0 saturated carbocycles. The third kappa shape index (κ3) is 1.49. The molecule has 90 valence electrons. The monoisotopic (exact) mass is 258 g/mol. The maximum Gasteiger partial charge on any atom is 0.229 e. The summed E-state index contributed by atoms with van der Waals surface area (Å²) < 4.78 is 1.58. The third-order valence-corrected chi connectivity index (χ3v) is 3.30. The summed E-state index contributed by atoms with van der Waals surface area (Å²) in [6.45, 7) is 1.52. The number of carbonyl (C=O) groups excluding carboxylic acids is 1. The van der Waals surface area contributed by atoms with Gasteiger partial charge in [0, 0.05) is 12.3 Å². The standard InChI is InChI=1S/C12H10N4OS/c1-7(17)16-9-6-4-3-5-8(9)10-11(16)13-12(18-2)15-14-10/h3-6H,1-2H3. The van der Waals surface area contributed by atoms with Gasteiger partial charge in [0.1, 0.15) is 5.52 Å². The van der Waals surface area contributed by atoms with Gasteiger partial charge in [0.2, 0.25) is 11.1 Å². The molecule has 0 amide bonds. The van der Waals surface area contributed by atoms with Gasteiger partial charge < -0.3 is 0 Å². The van der Waals surface area contributed by atoms with Crippen molar-refractivity contribution >= 4 is 39.7 Å². The first kappa shape index (κ1) is 11.2. The lowest BCUT2D eigenvalue weighted by Gasteiger charge is -2.00. The summed E-state index contributed by atoms with van der Waals surface area (Å²) in [5.74, 6) is -0.0752. The Kier molecular flexibility index (Phi) is 2.52. The van der Waals surface area contributed by atoms with E-state index in [0.717, 1.165) is 10.9 Å². The minimum Gasteiger partial charge on any atom is -0.274 e. The molecule has 0 aliphatic carbocycles. The Labute approximate surface area is 107 Å². The third-order valence-electron chi connectivity index (χ3n) is 2.76. The van der Waals surface area contributed by atoms with E-state index in [1.54, 1.807) is 4.57 Å². The van der Waals surface area contributed by atoms with E-state index >= 15 is 0 Å². The van der Waals surface area contributed by atoms with Crippen molar-refractivity contribution in [3.63, 3.8) is 0 Å². The second-order valence-corrected chi connectivity index (χ2v) is 4.62. The van der Waals surface area contributed by atoms with Gasteiger partial charge in [-0.3, -0.25) is 9.36 Å². The van der Waals surface area contributed by atoms with Crippen molar-refractivity contribution in [2.75, 3.05) is 6.26 Å². The minimum atomic E-state index is -0.0752. The highest BCUT2D eigenvalue weighted by molar-refractivity contribution is 7.98. The molecule has 3 rings (SSSR count). The second-order valence-electron chi connectivity index (χ2n) is 3.84. The van der Waals surface area contributed by atoms with E-state index in [2.05, 4.69) is 15.2 Å². The van der Waals surface area contributed by atoms with E-state index in [0.29, 0.717) is 16.3 Å². The van der Waals surface area contributed by atoms with Crippen molar-refractivity contribution < 1.29 is 4.79 Å². The maximum absolute atomic E-state index is 11.8. The molecule has 0 N–H and O–H groups in total. The first-order chi connectivity index (χ1) is 8.72. The average Bonchev–Trinajstić information content (AvgIpc) is 2.72. The van der Waals surface area contributed by atoms with Crippen LogP contribution in [0.3, 0.4) is 0 Å². The van der Waals surface area contributed by atoms with Gasteiger partial charge in [0.05, 0.1) is 5.52 Å². The van der Waals surface area contributed by atoms with Crippen LogP contribution in [0.5, 0.6) is 0 Å². The molecule has 0 bridgehead atoms. The van der Waals surface area contributed by atoms with Crippen LogP contribution in [0.4, 0.5) is 0 Å². The summed E-state index contributed by atoms with van der Waals surface area (Å²) >= 11 is 1.40. The fourth-order valence-corrected chi connectivity index (χ4v) is 2.32. The smallest absolute Gasteiger partial charge is 0.229 e.